The van der Waals surface area contributed by atoms with Gasteiger partial charge in [0.25, 0.3) is 5.91 Å². The van der Waals surface area contributed by atoms with E-state index < -0.39 is 17.5 Å². The highest BCUT2D eigenvalue weighted by Crippen LogP contribution is 2.34. The molecular formula is C15H18N4O3. The lowest BCUT2D eigenvalue weighted by Crippen LogP contribution is -2.44. The number of carbonyl (C=O) groups is 3. The molecule has 2 heterocycles. The number of amides is 4. The molecule has 1 saturated heterocycles. The molecule has 0 aromatic carbocycles. The summed E-state index contributed by atoms with van der Waals surface area (Å²) in [5.41, 5.74) is 0.184. The van der Waals surface area contributed by atoms with Gasteiger partial charge >= 0.3 is 6.03 Å². The van der Waals surface area contributed by atoms with Crippen LogP contribution in [0.4, 0.5) is 10.6 Å². The van der Waals surface area contributed by atoms with Crippen LogP contribution in [-0.2, 0) is 9.59 Å². The molecule has 3 rings (SSSR count). The van der Waals surface area contributed by atoms with Crippen LogP contribution in [0.1, 0.15) is 31.2 Å². The monoisotopic (exact) mass is 302 g/mol. The fraction of sp³-hybridized carbons (Fsp3) is 0.467. The van der Waals surface area contributed by atoms with Gasteiger partial charge < -0.3 is 10.6 Å². The van der Waals surface area contributed by atoms with Gasteiger partial charge in [0.2, 0.25) is 5.91 Å². The number of imide groups is 1. The number of aromatic nitrogens is 1. The van der Waals surface area contributed by atoms with E-state index in [9.17, 15) is 14.4 Å². The maximum atomic E-state index is 12.4. The molecule has 1 aromatic rings. The van der Waals surface area contributed by atoms with Crippen molar-refractivity contribution in [1.82, 2.24) is 15.2 Å². The van der Waals surface area contributed by atoms with Crippen molar-refractivity contribution in [2.75, 3.05) is 11.9 Å². The standard InChI is InChI=1S/C15H18N4O3/c1-10-4-7-16-11(8-10)17-12(20)9-19-13(21)15(18-14(19)22)5-2-3-6-15/h4,7-8H,2-3,5-6,9H2,1H3,(H,18,22)(H,16,17,20). The number of nitrogens with zero attached hydrogens (tertiary/aromatic N) is 2. The second kappa shape index (κ2) is 5.40. The summed E-state index contributed by atoms with van der Waals surface area (Å²) in [4.78, 5) is 41.5. The lowest BCUT2D eigenvalue weighted by atomic mass is 9.98. The van der Waals surface area contributed by atoms with Crippen LogP contribution in [0.3, 0.4) is 0 Å². The minimum Gasteiger partial charge on any atom is -0.323 e. The van der Waals surface area contributed by atoms with Crippen molar-refractivity contribution in [3.8, 4) is 0 Å². The number of hydrogen-bond donors (Lipinski definition) is 2. The van der Waals surface area contributed by atoms with Crippen molar-refractivity contribution in [3.63, 3.8) is 0 Å². The molecule has 1 spiro atoms. The third kappa shape index (κ3) is 2.54. The third-order valence-electron chi connectivity index (χ3n) is 4.19. The summed E-state index contributed by atoms with van der Waals surface area (Å²) in [7, 11) is 0. The summed E-state index contributed by atoms with van der Waals surface area (Å²) in [5.74, 6) is -0.313. The van der Waals surface area contributed by atoms with E-state index in [4.69, 9.17) is 0 Å². The Hall–Kier alpha value is -2.44. The average Bonchev–Trinajstić information content (AvgIpc) is 3.01. The first kappa shape index (κ1) is 14.5. The summed E-state index contributed by atoms with van der Waals surface area (Å²) < 4.78 is 0. The fourth-order valence-corrected chi connectivity index (χ4v) is 3.07. The van der Waals surface area contributed by atoms with Crippen LogP contribution in [-0.4, -0.2) is 39.8 Å². The number of nitrogens with one attached hydrogen (secondary N) is 2. The predicted molar refractivity (Wildman–Crippen MR) is 79.0 cm³/mol. The first-order chi connectivity index (χ1) is 10.5. The largest absolute Gasteiger partial charge is 0.325 e. The molecular weight excluding hydrogens is 284 g/mol. The van der Waals surface area contributed by atoms with Crippen molar-refractivity contribution in [2.24, 2.45) is 0 Å². The van der Waals surface area contributed by atoms with Gasteiger partial charge in [0.15, 0.2) is 0 Å². The van der Waals surface area contributed by atoms with Crippen molar-refractivity contribution >= 4 is 23.7 Å². The topological polar surface area (TPSA) is 91.4 Å². The highest BCUT2D eigenvalue weighted by atomic mass is 16.2. The smallest absolute Gasteiger partial charge is 0.323 e. The molecule has 116 valence electrons. The van der Waals surface area contributed by atoms with E-state index in [-0.39, 0.29) is 12.5 Å². The van der Waals surface area contributed by atoms with Crippen LogP contribution >= 0.6 is 0 Å². The molecule has 1 saturated carbocycles. The minimum atomic E-state index is -0.779. The number of pyridine rings is 1. The Labute approximate surface area is 128 Å². The lowest BCUT2D eigenvalue weighted by molar-refractivity contribution is -0.133. The number of anilines is 1. The molecule has 0 unspecified atom stereocenters. The Morgan fingerprint density at radius 1 is 1.41 bits per heavy atom. The second-order valence-corrected chi connectivity index (χ2v) is 5.88. The normalized spacial score (nSPS) is 19.6. The average molecular weight is 302 g/mol. The number of aryl methyl sites for hydroxylation is 1. The number of carbonyl (C=O) groups excluding carboxylic acids is 3. The molecule has 2 N–H and O–H groups in total. The van der Waals surface area contributed by atoms with Crippen LogP contribution in [0.25, 0.3) is 0 Å². The number of rotatable bonds is 3. The van der Waals surface area contributed by atoms with Gasteiger partial charge in [-0.3, -0.25) is 14.5 Å². The zero-order valence-corrected chi connectivity index (χ0v) is 12.4. The fourth-order valence-electron chi connectivity index (χ4n) is 3.07. The van der Waals surface area contributed by atoms with Gasteiger partial charge in [-0.15, -0.1) is 0 Å². The van der Waals surface area contributed by atoms with Crippen LogP contribution in [0.15, 0.2) is 18.3 Å². The first-order valence-electron chi connectivity index (χ1n) is 7.37. The van der Waals surface area contributed by atoms with Crippen molar-refractivity contribution in [2.45, 2.75) is 38.1 Å². The molecule has 2 fully saturated rings. The third-order valence-corrected chi connectivity index (χ3v) is 4.19. The quantitative estimate of drug-likeness (QED) is 0.821. The Kier molecular flexibility index (Phi) is 3.56. The molecule has 0 atom stereocenters. The second-order valence-electron chi connectivity index (χ2n) is 5.88. The molecule has 1 aromatic heterocycles. The van der Waals surface area contributed by atoms with Gasteiger partial charge in [-0.25, -0.2) is 9.78 Å². The van der Waals surface area contributed by atoms with E-state index in [0.29, 0.717) is 18.7 Å². The van der Waals surface area contributed by atoms with Crippen molar-refractivity contribution in [3.05, 3.63) is 23.9 Å². The van der Waals surface area contributed by atoms with Crippen LogP contribution in [0.5, 0.6) is 0 Å². The number of hydrogen-bond acceptors (Lipinski definition) is 4. The summed E-state index contributed by atoms with van der Waals surface area (Å²) in [6.45, 7) is 1.60. The van der Waals surface area contributed by atoms with E-state index in [1.54, 1.807) is 12.3 Å². The SMILES string of the molecule is Cc1ccnc(NC(=O)CN2C(=O)NC3(CCCC3)C2=O)c1. The van der Waals surface area contributed by atoms with E-state index >= 15 is 0 Å². The Morgan fingerprint density at radius 2 is 2.14 bits per heavy atom. The molecule has 1 aliphatic carbocycles. The van der Waals surface area contributed by atoms with E-state index in [1.807, 2.05) is 13.0 Å². The van der Waals surface area contributed by atoms with Crippen molar-refractivity contribution in [1.29, 1.82) is 0 Å². The molecule has 0 radical (unpaired) electrons. The van der Waals surface area contributed by atoms with Gasteiger partial charge in [-0.2, -0.15) is 0 Å². The summed E-state index contributed by atoms with van der Waals surface area (Å²) in [6, 6.07) is 3.05. The molecule has 4 amide bonds. The van der Waals surface area contributed by atoms with Gasteiger partial charge in [0.05, 0.1) is 0 Å². The summed E-state index contributed by atoms with van der Waals surface area (Å²) >= 11 is 0. The van der Waals surface area contributed by atoms with E-state index in [1.165, 1.54) is 0 Å². The highest BCUT2D eigenvalue weighted by molar-refractivity contribution is 6.10. The minimum absolute atomic E-state index is 0.289. The Balaban J connectivity index is 1.66. The van der Waals surface area contributed by atoms with Gasteiger partial charge in [0, 0.05) is 6.20 Å². The van der Waals surface area contributed by atoms with Crippen LogP contribution in [0.2, 0.25) is 0 Å². The van der Waals surface area contributed by atoms with Gasteiger partial charge in [0.1, 0.15) is 17.9 Å². The predicted octanol–water partition coefficient (Wildman–Crippen LogP) is 1.19. The lowest BCUT2D eigenvalue weighted by Gasteiger charge is -2.19. The summed E-state index contributed by atoms with van der Waals surface area (Å²) in [6.07, 6.45) is 4.72. The maximum Gasteiger partial charge on any atom is 0.325 e. The zero-order chi connectivity index (χ0) is 15.7. The first-order valence-corrected chi connectivity index (χ1v) is 7.37. The summed E-state index contributed by atoms with van der Waals surface area (Å²) in [5, 5.41) is 5.36. The zero-order valence-electron chi connectivity index (χ0n) is 12.4. The highest BCUT2D eigenvalue weighted by Gasteiger charge is 2.52. The number of urea groups is 1. The van der Waals surface area contributed by atoms with E-state index in [0.717, 1.165) is 23.3 Å². The van der Waals surface area contributed by atoms with Gasteiger partial charge in [-0.05, 0) is 37.5 Å². The molecule has 7 nitrogen and oxygen atoms in total. The maximum absolute atomic E-state index is 12.4. The van der Waals surface area contributed by atoms with Gasteiger partial charge in [-0.1, -0.05) is 12.8 Å². The molecule has 7 heteroatoms. The Bertz CT molecular complexity index is 637. The molecule has 1 aliphatic heterocycles. The van der Waals surface area contributed by atoms with Crippen LogP contribution in [0, 0.1) is 6.92 Å². The Morgan fingerprint density at radius 3 is 2.82 bits per heavy atom. The molecule has 0 bridgehead atoms. The van der Waals surface area contributed by atoms with E-state index in [2.05, 4.69) is 15.6 Å². The molecule has 22 heavy (non-hydrogen) atoms. The molecule has 2 aliphatic rings. The van der Waals surface area contributed by atoms with Crippen LogP contribution < -0.4 is 10.6 Å². The van der Waals surface area contributed by atoms with Crippen molar-refractivity contribution < 1.29 is 14.4 Å².